The molecule has 64 valence electrons. The minimum absolute atomic E-state index is 0. The van der Waals surface area contributed by atoms with E-state index < -0.39 is 0 Å². The van der Waals surface area contributed by atoms with Gasteiger partial charge in [0, 0.05) is 0 Å². The molecule has 0 spiro atoms. The minimum Gasteiger partial charge on any atom is -0.147 e. The molecule has 0 nitrogen and oxygen atoms in total. The molecular formula is C9H14Cl2. The summed E-state index contributed by atoms with van der Waals surface area (Å²) in [6, 6.07) is 10.0. The first kappa shape index (κ1) is 16.9. The molecule has 0 aliphatic rings. The van der Waals surface area contributed by atoms with Crippen molar-refractivity contribution in [2.24, 2.45) is 0 Å². The minimum atomic E-state index is 0. The molecule has 0 bridgehead atoms. The number of hydrogen-bond acceptors (Lipinski definition) is 0. The van der Waals surface area contributed by atoms with Gasteiger partial charge in [0.25, 0.3) is 0 Å². The fourth-order valence-corrected chi connectivity index (χ4v) is 0.589. The van der Waals surface area contributed by atoms with Crippen LogP contribution in [0.3, 0.4) is 0 Å². The Bertz CT molecular complexity index is 170. The van der Waals surface area contributed by atoms with Crippen LogP contribution >= 0.6 is 24.8 Å². The molecular weight excluding hydrogens is 179 g/mol. The smallest absolute Gasteiger partial charge is 0.0263 e. The molecule has 0 unspecified atom stereocenters. The van der Waals surface area contributed by atoms with E-state index in [0.717, 1.165) is 0 Å². The van der Waals surface area contributed by atoms with Gasteiger partial charge in [-0.15, -0.1) is 24.8 Å². The van der Waals surface area contributed by atoms with E-state index in [2.05, 4.69) is 6.58 Å². The Balaban J connectivity index is -0.000000213. The monoisotopic (exact) mass is 192 g/mol. The lowest BCUT2D eigenvalue weighted by Gasteiger charge is -1.85. The van der Waals surface area contributed by atoms with Gasteiger partial charge in [0.05, 0.1) is 0 Å². The highest BCUT2D eigenvalue weighted by atomic mass is 35.5. The Labute approximate surface area is 81.1 Å². The Morgan fingerprint density at radius 1 is 1.00 bits per heavy atom. The lowest BCUT2D eigenvalue weighted by molar-refractivity contribution is 1.67. The van der Waals surface area contributed by atoms with Gasteiger partial charge >= 0.3 is 0 Å². The van der Waals surface area contributed by atoms with Gasteiger partial charge in [-0.3, -0.25) is 0 Å². The Kier molecular flexibility index (Phi) is 14.6. The molecule has 2 heteroatoms. The average Bonchev–Trinajstić information content (AvgIpc) is 1.90. The zero-order valence-electron chi connectivity index (χ0n) is 5.49. The van der Waals surface area contributed by atoms with Crippen molar-refractivity contribution in [3.05, 3.63) is 42.5 Å². The largest absolute Gasteiger partial charge is 0.147 e. The van der Waals surface area contributed by atoms with Gasteiger partial charge in [-0.1, -0.05) is 50.4 Å². The first-order valence-corrected chi connectivity index (χ1v) is 2.61. The first-order chi connectivity index (χ1) is 3.93. The van der Waals surface area contributed by atoms with E-state index in [4.69, 9.17) is 0 Å². The molecule has 0 saturated carbocycles. The molecule has 0 N–H and O–H groups in total. The molecule has 0 aliphatic carbocycles. The number of benzene rings is 1. The molecule has 11 heavy (non-hydrogen) atoms. The normalized spacial score (nSPS) is 6.18. The molecule has 0 radical (unpaired) electrons. The summed E-state index contributed by atoms with van der Waals surface area (Å²) in [5.74, 6) is 0. The SMILES string of the molecule is C.C=Cc1ccccc1.Cl.Cl. The highest BCUT2D eigenvalue weighted by Gasteiger charge is 1.75. The van der Waals surface area contributed by atoms with Crippen LogP contribution in [0.15, 0.2) is 36.9 Å². The van der Waals surface area contributed by atoms with Crippen molar-refractivity contribution in [2.75, 3.05) is 0 Å². The third-order valence-corrected chi connectivity index (χ3v) is 1.04. The number of hydrogen-bond donors (Lipinski definition) is 0. The molecule has 1 rings (SSSR count). The van der Waals surface area contributed by atoms with Gasteiger partial charge in [0.1, 0.15) is 0 Å². The average molecular weight is 193 g/mol. The molecule has 0 aromatic heterocycles. The Hall–Kier alpha value is -0.460. The molecule has 1 aromatic carbocycles. The van der Waals surface area contributed by atoms with Crippen molar-refractivity contribution < 1.29 is 0 Å². The maximum Gasteiger partial charge on any atom is -0.0263 e. The lowest BCUT2D eigenvalue weighted by atomic mass is 10.2. The second-order valence-corrected chi connectivity index (χ2v) is 1.61. The van der Waals surface area contributed by atoms with E-state index in [1.165, 1.54) is 5.56 Å². The second kappa shape index (κ2) is 9.54. The van der Waals surface area contributed by atoms with Crippen molar-refractivity contribution in [1.82, 2.24) is 0 Å². The van der Waals surface area contributed by atoms with Gasteiger partial charge < -0.3 is 0 Å². The zero-order valence-corrected chi connectivity index (χ0v) is 7.12. The van der Waals surface area contributed by atoms with Crippen LogP contribution < -0.4 is 0 Å². The molecule has 0 fully saturated rings. The molecule has 0 aliphatic heterocycles. The van der Waals surface area contributed by atoms with Crippen LogP contribution in [0.4, 0.5) is 0 Å². The van der Waals surface area contributed by atoms with E-state index in [0.29, 0.717) is 0 Å². The molecule has 0 saturated heterocycles. The third-order valence-electron chi connectivity index (χ3n) is 1.04. The summed E-state index contributed by atoms with van der Waals surface area (Å²) in [7, 11) is 0. The standard InChI is InChI=1S/C8H8.CH4.2ClH/c1-2-8-6-4-3-5-7-8;;;/h2-7H,1H2;1H4;2*1H. The number of rotatable bonds is 1. The molecule has 0 atom stereocenters. The third kappa shape index (κ3) is 5.96. The van der Waals surface area contributed by atoms with E-state index in [1.54, 1.807) is 0 Å². The topological polar surface area (TPSA) is 0 Å². The van der Waals surface area contributed by atoms with Gasteiger partial charge in [0.15, 0.2) is 0 Å². The Morgan fingerprint density at radius 3 is 1.73 bits per heavy atom. The molecule has 0 heterocycles. The summed E-state index contributed by atoms with van der Waals surface area (Å²) in [5, 5.41) is 0. The highest BCUT2D eigenvalue weighted by Crippen LogP contribution is 1.97. The summed E-state index contributed by atoms with van der Waals surface area (Å²) in [6.07, 6.45) is 1.83. The van der Waals surface area contributed by atoms with Crippen LogP contribution in [0.5, 0.6) is 0 Å². The summed E-state index contributed by atoms with van der Waals surface area (Å²) in [6.45, 7) is 3.63. The van der Waals surface area contributed by atoms with Crippen molar-refractivity contribution in [1.29, 1.82) is 0 Å². The van der Waals surface area contributed by atoms with Gasteiger partial charge in [-0.25, -0.2) is 0 Å². The van der Waals surface area contributed by atoms with Crippen molar-refractivity contribution in [3.63, 3.8) is 0 Å². The fraction of sp³-hybridized carbons (Fsp3) is 0.111. The fourth-order valence-electron chi connectivity index (χ4n) is 0.589. The van der Waals surface area contributed by atoms with Crippen LogP contribution in [0.25, 0.3) is 6.08 Å². The second-order valence-electron chi connectivity index (χ2n) is 1.61. The van der Waals surface area contributed by atoms with Crippen LogP contribution in [-0.4, -0.2) is 0 Å². The van der Waals surface area contributed by atoms with E-state index in [1.807, 2.05) is 36.4 Å². The van der Waals surface area contributed by atoms with E-state index in [-0.39, 0.29) is 32.2 Å². The van der Waals surface area contributed by atoms with Gasteiger partial charge in [0.2, 0.25) is 0 Å². The van der Waals surface area contributed by atoms with Crippen LogP contribution in [0.1, 0.15) is 13.0 Å². The summed E-state index contributed by atoms with van der Waals surface area (Å²) < 4.78 is 0. The van der Waals surface area contributed by atoms with Gasteiger partial charge in [-0.2, -0.15) is 0 Å². The van der Waals surface area contributed by atoms with Crippen LogP contribution in [-0.2, 0) is 0 Å². The summed E-state index contributed by atoms with van der Waals surface area (Å²) >= 11 is 0. The predicted molar refractivity (Wildman–Crippen MR) is 57.8 cm³/mol. The van der Waals surface area contributed by atoms with E-state index in [9.17, 15) is 0 Å². The first-order valence-electron chi connectivity index (χ1n) is 2.61. The lowest BCUT2D eigenvalue weighted by Crippen LogP contribution is -1.63. The van der Waals surface area contributed by atoms with Crippen molar-refractivity contribution >= 4 is 30.9 Å². The van der Waals surface area contributed by atoms with Crippen LogP contribution in [0, 0.1) is 0 Å². The van der Waals surface area contributed by atoms with Crippen molar-refractivity contribution in [2.45, 2.75) is 7.43 Å². The summed E-state index contributed by atoms with van der Waals surface area (Å²) in [5.41, 5.74) is 1.17. The molecule has 0 amide bonds. The maximum atomic E-state index is 3.63. The van der Waals surface area contributed by atoms with Gasteiger partial charge in [-0.05, 0) is 5.56 Å². The Morgan fingerprint density at radius 2 is 1.45 bits per heavy atom. The zero-order chi connectivity index (χ0) is 5.82. The quantitative estimate of drug-likeness (QED) is 0.636. The highest BCUT2D eigenvalue weighted by molar-refractivity contribution is 5.85. The summed E-state index contributed by atoms with van der Waals surface area (Å²) in [4.78, 5) is 0. The van der Waals surface area contributed by atoms with E-state index >= 15 is 0 Å². The molecule has 1 aromatic rings. The number of halogens is 2. The predicted octanol–water partition coefficient (Wildman–Crippen LogP) is 3.81. The van der Waals surface area contributed by atoms with Crippen molar-refractivity contribution in [3.8, 4) is 0 Å². The van der Waals surface area contributed by atoms with Crippen LogP contribution in [0.2, 0.25) is 0 Å². The maximum absolute atomic E-state index is 3.63.